The van der Waals surface area contributed by atoms with Gasteiger partial charge in [-0.1, -0.05) is 37.0 Å². The third-order valence-corrected chi connectivity index (χ3v) is 4.50. The summed E-state index contributed by atoms with van der Waals surface area (Å²) in [6.07, 6.45) is 1.55. The number of benzene rings is 1. The molecule has 2 amide bonds. The molecule has 1 aromatic heterocycles. The minimum atomic E-state index is -0.225. The summed E-state index contributed by atoms with van der Waals surface area (Å²) < 4.78 is 1.25. The first-order chi connectivity index (χ1) is 13.4. The normalized spacial score (nSPS) is 14.2. The predicted octanol–water partition coefficient (Wildman–Crippen LogP) is 3.96. The van der Waals surface area contributed by atoms with Crippen molar-refractivity contribution in [3.8, 4) is 0 Å². The zero-order chi connectivity index (χ0) is 20.7. The van der Waals surface area contributed by atoms with Gasteiger partial charge in [-0.2, -0.15) is 4.68 Å². The monoisotopic (exact) mass is 425 g/mol. The Hall–Kier alpha value is -2.09. The highest BCUT2D eigenvalue weighted by Crippen LogP contribution is 2.20. The van der Waals surface area contributed by atoms with Gasteiger partial charge in [-0.3, -0.25) is 9.69 Å². The first kappa shape index (κ1) is 22.2. The van der Waals surface area contributed by atoms with Gasteiger partial charge in [0.15, 0.2) is 5.82 Å². The third-order valence-electron chi connectivity index (χ3n) is 4.06. The summed E-state index contributed by atoms with van der Waals surface area (Å²) >= 11 is 12.1. The minimum Gasteiger partial charge on any atom is -0.320 e. The van der Waals surface area contributed by atoms with E-state index in [0.29, 0.717) is 29.0 Å². The molecule has 28 heavy (non-hydrogen) atoms. The Kier molecular flexibility index (Phi) is 8.29. The van der Waals surface area contributed by atoms with Crippen LogP contribution in [0.2, 0.25) is 10.0 Å². The number of rotatable bonds is 3. The molecule has 1 aromatic carbocycles. The molecule has 1 fully saturated rings. The van der Waals surface area contributed by atoms with Crippen LogP contribution < -0.4 is 5.32 Å². The summed E-state index contributed by atoms with van der Waals surface area (Å²) in [6, 6.07) is 6.91. The largest absolute Gasteiger partial charge is 0.344 e. The number of aromatic nitrogens is 2. The average molecular weight is 426 g/mol. The zero-order valence-electron chi connectivity index (χ0n) is 16.3. The number of piperazine rings is 1. The van der Waals surface area contributed by atoms with Gasteiger partial charge in [0, 0.05) is 62.0 Å². The molecule has 1 aliphatic heterocycles. The van der Waals surface area contributed by atoms with E-state index in [9.17, 15) is 9.59 Å². The van der Waals surface area contributed by atoms with Crippen molar-refractivity contribution in [3.05, 3.63) is 46.1 Å². The van der Waals surface area contributed by atoms with E-state index in [2.05, 4.69) is 15.3 Å². The first-order valence-corrected chi connectivity index (χ1v) is 9.96. The van der Waals surface area contributed by atoms with Crippen LogP contribution >= 0.6 is 23.2 Å². The van der Waals surface area contributed by atoms with Gasteiger partial charge in [0.1, 0.15) is 0 Å². The van der Waals surface area contributed by atoms with E-state index in [1.54, 1.807) is 23.2 Å². The maximum Gasteiger partial charge on any atom is 0.344 e. The Labute approximate surface area is 175 Å². The lowest BCUT2D eigenvalue weighted by Gasteiger charge is -2.34. The second-order valence-corrected chi connectivity index (χ2v) is 7.02. The van der Waals surface area contributed by atoms with Crippen LogP contribution in [-0.2, 0) is 11.3 Å². The summed E-state index contributed by atoms with van der Waals surface area (Å²) in [4.78, 5) is 27.5. The van der Waals surface area contributed by atoms with Gasteiger partial charge >= 0.3 is 6.03 Å². The van der Waals surface area contributed by atoms with Gasteiger partial charge in [-0.15, -0.1) is 5.10 Å². The molecule has 7 nitrogen and oxygen atoms in total. The molecule has 1 N–H and O–H groups in total. The fourth-order valence-electron chi connectivity index (χ4n) is 2.88. The lowest BCUT2D eigenvalue weighted by atomic mass is 10.2. The van der Waals surface area contributed by atoms with Gasteiger partial charge in [-0.25, -0.2) is 4.79 Å². The van der Waals surface area contributed by atoms with Crippen LogP contribution in [0.15, 0.2) is 30.5 Å². The number of anilines is 1. The highest BCUT2D eigenvalue weighted by atomic mass is 35.5. The molecular weight excluding hydrogens is 401 g/mol. The molecule has 3 rings (SSSR count). The van der Waals surface area contributed by atoms with Crippen molar-refractivity contribution in [2.24, 2.45) is 0 Å². The molecule has 9 heteroatoms. The van der Waals surface area contributed by atoms with Crippen LogP contribution in [0, 0.1) is 0 Å². The Morgan fingerprint density at radius 3 is 2.25 bits per heavy atom. The van der Waals surface area contributed by atoms with Crippen LogP contribution in [0.5, 0.6) is 0 Å². The van der Waals surface area contributed by atoms with Crippen LogP contribution in [0.3, 0.4) is 0 Å². The third kappa shape index (κ3) is 6.22. The minimum absolute atomic E-state index is 0.202. The molecule has 0 unspecified atom stereocenters. The smallest absolute Gasteiger partial charge is 0.320 e. The molecule has 0 atom stereocenters. The van der Waals surface area contributed by atoms with E-state index in [4.69, 9.17) is 23.2 Å². The highest BCUT2D eigenvalue weighted by Gasteiger charge is 2.23. The molecule has 0 radical (unpaired) electrons. The van der Waals surface area contributed by atoms with Crippen molar-refractivity contribution in [2.45, 2.75) is 27.3 Å². The van der Waals surface area contributed by atoms with E-state index in [0.717, 1.165) is 25.2 Å². The van der Waals surface area contributed by atoms with Crippen molar-refractivity contribution in [3.63, 3.8) is 0 Å². The van der Waals surface area contributed by atoms with E-state index in [1.807, 2.05) is 26.0 Å². The topological polar surface area (TPSA) is 70.5 Å². The van der Waals surface area contributed by atoms with Crippen LogP contribution in [0.1, 0.15) is 26.3 Å². The lowest BCUT2D eigenvalue weighted by molar-refractivity contribution is -0.114. The lowest BCUT2D eigenvalue weighted by Crippen LogP contribution is -2.49. The molecule has 1 saturated heterocycles. The molecule has 2 heterocycles. The van der Waals surface area contributed by atoms with Crippen LogP contribution in [-0.4, -0.2) is 57.7 Å². The van der Waals surface area contributed by atoms with E-state index < -0.39 is 0 Å². The summed E-state index contributed by atoms with van der Waals surface area (Å²) in [5.74, 6) is 0.139. The summed E-state index contributed by atoms with van der Waals surface area (Å²) in [6.45, 7) is 8.82. The Morgan fingerprint density at radius 1 is 1.07 bits per heavy atom. The quantitative estimate of drug-likeness (QED) is 0.807. The van der Waals surface area contributed by atoms with E-state index in [1.165, 1.54) is 11.6 Å². The van der Waals surface area contributed by atoms with Crippen molar-refractivity contribution in [1.29, 1.82) is 0 Å². The predicted molar refractivity (Wildman–Crippen MR) is 112 cm³/mol. The Bertz CT molecular complexity index is 796. The summed E-state index contributed by atoms with van der Waals surface area (Å²) in [5.41, 5.74) is 1.05. The number of nitrogens with one attached hydrogen (secondary N) is 1. The van der Waals surface area contributed by atoms with Crippen molar-refractivity contribution < 1.29 is 9.59 Å². The highest BCUT2D eigenvalue weighted by molar-refractivity contribution is 6.34. The number of hydrogen-bond acceptors (Lipinski definition) is 4. The maximum atomic E-state index is 12.5. The SMILES string of the molecule is CC.CC(=O)Nc1ccn(C(=O)N2CCN(Cc3cc(Cl)cc(Cl)c3)CC2)n1. The number of hydrogen-bond donors (Lipinski definition) is 1. The van der Waals surface area contributed by atoms with E-state index >= 15 is 0 Å². The molecular formula is C19H25Cl2N5O2. The maximum absolute atomic E-state index is 12.5. The molecule has 0 bridgehead atoms. The molecule has 0 aliphatic carbocycles. The van der Waals surface area contributed by atoms with Crippen LogP contribution in [0.25, 0.3) is 0 Å². The number of carbonyl (C=O) groups is 2. The fraction of sp³-hybridized carbons (Fsp3) is 0.421. The van der Waals surface area contributed by atoms with Gasteiger partial charge < -0.3 is 10.2 Å². The summed E-state index contributed by atoms with van der Waals surface area (Å²) in [7, 11) is 0. The molecule has 1 aliphatic rings. The number of nitrogens with zero attached hydrogens (tertiary/aromatic N) is 4. The van der Waals surface area contributed by atoms with E-state index in [-0.39, 0.29) is 11.9 Å². The number of halogens is 2. The number of amides is 2. The van der Waals surface area contributed by atoms with Crippen molar-refractivity contribution in [1.82, 2.24) is 19.6 Å². The molecule has 2 aromatic rings. The standard InChI is InChI=1S/C17H19Cl2N5O2.C2H6/c1-12(25)20-16-2-3-24(21-16)17(26)23-6-4-22(5-7-23)11-13-8-14(18)10-15(19)9-13;1-2/h2-3,8-10H,4-7,11H2,1H3,(H,20,21,25);1-2H3. The zero-order valence-corrected chi connectivity index (χ0v) is 17.8. The Morgan fingerprint density at radius 2 is 1.68 bits per heavy atom. The molecule has 0 saturated carbocycles. The molecule has 0 spiro atoms. The second kappa shape index (κ2) is 10.5. The molecule has 152 valence electrons. The second-order valence-electron chi connectivity index (χ2n) is 6.15. The van der Waals surface area contributed by atoms with Crippen molar-refractivity contribution >= 4 is 41.0 Å². The summed E-state index contributed by atoms with van der Waals surface area (Å²) in [5, 5.41) is 7.88. The van der Waals surface area contributed by atoms with Crippen LogP contribution in [0.4, 0.5) is 10.6 Å². The van der Waals surface area contributed by atoms with Gasteiger partial charge in [0.25, 0.3) is 0 Å². The average Bonchev–Trinajstić information content (AvgIpc) is 3.10. The van der Waals surface area contributed by atoms with Gasteiger partial charge in [-0.05, 0) is 23.8 Å². The van der Waals surface area contributed by atoms with Crippen molar-refractivity contribution in [2.75, 3.05) is 31.5 Å². The van der Waals surface area contributed by atoms with Gasteiger partial charge in [0.2, 0.25) is 5.91 Å². The Balaban J connectivity index is 0.00000136. The number of carbonyl (C=O) groups excluding carboxylic acids is 2. The van der Waals surface area contributed by atoms with Gasteiger partial charge in [0.05, 0.1) is 0 Å². The fourth-order valence-corrected chi connectivity index (χ4v) is 3.45. The first-order valence-electron chi connectivity index (χ1n) is 9.20.